The van der Waals surface area contributed by atoms with Gasteiger partial charge in [0.2, 0.25) is 0 Å². The monoisotopic (exact) mass is 279 g/mol. The molecule has 0 saturated carbocycles. The maximum Gasteiger partial charge on any atom is 0.330 e. The first-order valence-electron chi connectivity index (χ1n) is 5.83. The van der Waals surface area contributed by atoms with E-state index in [9.17, 15) is 14.4 Å². The molecule has 0 saturated heterocycles. The van der Waals surface area contributed by atoms with Gasteiger partial charge in [0.1, 0.15) is 5.54 Å². The number of benzene rings is 1. The summed E-state index contributed by atoms with van der Waals surface area (Å²) in [4.78, 5) is 34.1. The number of nitrogens with one attached hydrogen (secondary N) is 2. The van der Waals surface area contributed by atoms with Crippen LogP contribution in [-0.2, 0) is 9.53 Å². The fraction of sp³-hybridized carbons (Fsp3) is 0.308. The molecule has 3 amide bonds. The molecule has 0 spiro atoms. The third-order valence-corrected chi connectivity index (χ3v) is 2.54. The summed E-state index contributed by atoms with van der Waals surface area (Å²) in [5.41, 5.74) is 4.66. The maximum atomic E-state index is 12.0. The highest BCUT2D eigenvalue weighted by atomic mass is 16.5. The molecular weight excluding hydrogens is 262 g/mol. The second-order valence-corrected chi connectivity index (χ2v) is 4.64. The second-order valence-electron chi connectivity index (χ2n) is 4.64. The van der Waals surface area contributed by atoms with Crippen LogP contribution in [0.3, 0.4) is 0 Å². The van der Waals surface area contributed by atoms with Crippen molar-refractivity contribution >= 4 is 23.6 Å². The largest absolute Gasteiger partial charge is 0.467 e. The molecule has 7 nitrogen and oxygen atoms in total. The Balaban J connectivity index is 2.78. The Bertz CT molecular complexity index is 523. The van der Waals surface area contributed by atoms with E-state index < -0.39 is 23.4 Å². The number of urea groups is 1. The Morgan fingerprint density at radius 2 is 1.70 bits per heavy atom. The number of esters is 1. The fourth-order valence-electron chi connectivity index (χ4n) is 1.51. The van der Waals surface area contributed by atoms with Crippen molar-refractivity contribution in [2.45, 2.75) is 19.4 Å². The average Bonchev–Trinajstić information content (AvgIpc) is 2.37. The molecule has 1 rings (SSSR count). The number of nitrogens with two attached hydrogens (primary N) is 1. The summed E-state index contributed by atoms with van der Waals surface area (Å²) in [6.07, 6.45) is 0. The first kappa shape index (κ1) is 15.5. The zero-order chi connectivity index (χ0) is 15.3. The zero-order valence-electron chi connectivity index (χ0n) is 11.5. The van der Waals surface area contributed by atoms with Gasteiger partial charge in [-0.2, -0.15) is 0 Å². The lowest BCUT2D eigenvalue weighted by Crippen LogP contribution is -2.50. The van der Waals surface area contributed by atoms with Crippen molar-refractivity contribution < 1.29 is 19.1 Å². The number of hydrogen-bond donors (Lipinski definition) is 3. The van der Waals surface area contributed by atoms with Gasteiger partial charge in [-0.05, 0) is 38.1 Å². The molecule has 0 atom stereocenters. The molecule has 1 aromatic rings. The quantitative estimate of drug-likeness (QED) is 0.710. The minimum absolute atomic E-state index is 0.344. The van der Waals surface area contributed by atoms with Crippen LogP contribution in [0.15, 0.2) is 24.3 Å². The molecule has 0 unspecified atom stereocenters. The Labute approximate surface area is 116 Å². The van der Waals surface area contributed by atoms with Gasteiger partial charge < -0.3 is 21.1 Å². The zero-order valence-corrected chi connectivity index (χ0v) is 11.5. The number of ether oxygens (including phenoxy) is 1. The number of primary amides is 1. The van der Waals surface area contributed by atoms with E-state index in [1.807, 2.05) is 0 Å². The standard InChI is InChI=1S/C13H17N3O4/c1-13(2,11(18)20-3)16-10(17)8-4-6-9(7-5-8)15-12(14)19/h4-7H,1-3H3,(H,16,17)(H3,14,15,19). The lowest BCUT2D eigenvalue weighted by atomic mass is 10.0. The van der Waals surface area contributed by atoms with E-state index in [1.54, 1.807) is 13.8 Å². The Morgan fingerprint density at radius 1 is 1.15 bits per heavy atom. The Kier molecular flexibility index (Phi) is 4.68. The SMILES string of the molecule is COC(=O)C(C)(C)NC(=O)c1ccc(NC(N)=O)cc1. The van der Waals surface area contributed by atoms with Crippen molar-refractivity contribution in [2.75, 3.05) is 12.4 Å². The average molecular weight is 279 g/mol. The van der Waals surface area contributed by atoms with Crippen LogP contribution in [-0.4, -0.2) is 30.6 Å². The number of hydrogen-bond acceptors (Lipinski definition) is 4. The third kappa shape index (κ3) is 3.98. The third-order valence-electron chi connectivity index (χ3n) is 2.54. The van der Waals surface area contributed by atoms with Gasteiger partial charge in [-0.1, -0.05) is 0 Å². The number of methoxy groups -OCH3 is 1. The first-order chi connectivity index (χ1) is 9.26. The number of amides is 3. The minimum Gasteiger partial charge on any atom is -0.467 e. The van der Waals surface area contributed by atoms with Crippen molar-refractivity contribution in [1.82, 2.24) is 5.32 Å². The van der Waals surface area contributed by atoms with Crippen molar-refractivity contribution in [3.63, 3.8) is 0 Å². The molecule has 4 N–H and O–H groups in total. The van der Waals surface area contributed by atoms with E-state index in [1.165, 1.54) is 31.4 Å². The van der Waals surface area contributed by atoms with E-state index in [-0.39, 0.29) is 0 Å². The van der Waals surface area contributed by atoms with Crippen molar-refractivity contribution in [3.8, 4) is 0 Å². The van der Waals surface area contributed by atoms with Gasteiger partial charge in [-0.25, -0.2) is 9.59 Å². The normalized spacial score (nSPS) is 10.6. The van der Waals surface area contributed by atoms with Crippen LogP contribution in [0.2, 0.25) is 0 Å². The van der Waals surface area contributed by atoms with Gasteiger partial charge in [0.15, 0.2) is 0 Å². The summed E-state index contributed by atoms with van der Waals surface area (Å²) in [6, 6.07) is 5.39. The summed E-state index contributed by atoms with van der Waals surface area (Å²) in [6.45, 7) is 3.08. The highest BCUT2D eigenvalue weighted by molar-refractivity contribution is 5.98. The Morgan fingerprint density at radius 3 is 2.15 bits per heavy atom. The summed E-state index contributed by atoms with van der Waals surface area (Å²) in [7, 11) is 1.25. The highest BCUT2D eigenvalue weighted by Gasteiger charge is 2.30. The van der Waals surface area contributed by atoms with E-state index in [0.29, 0.717) is 11.3 Å². The summed E-state index contributed by atoms with van der Waals surface area (Å²) < 4.78 is 4.60. The summed E-state index contributed by atoms with van der Waals surface area (Å²) in [5.74, 6) is -0.969. The number of rotatable bonds is 4. The lowest BCUT2D eigenvalue weighted by Gasteiger charge is -2.23. The lowest BCUT2D eigenvalue weighted by molar-refractivity contribution is -0.146. The van der Waals surface area contributed by atoms with Crippen molar-refractivity contribution in [3.05, 3.63) is 29.8 Å². The molecule has 108 valence electrons. The molecule has 0 aliphatic heterocycles. The van der Waals surface area contributed by atoms with Gasteiger partial charge in [-0.15, -0.1) is 0 Å². The molecule has 7 heteroatoms. The predicted octanol–water partition coefficient (Wildman–Crippen LogP) is 0.859. The molecule has 0 radical (unpaired) electrons. The molecule has 0 aliphatic rings. The van der Waals surface area contributed by atoms with Crippen molar-refractivity contribution in [2.24, 2.45) is 5.73 Å². The minimum atomic E-state index is -1.13. The Hall–Kier alpha value is -2.57. The van der Waals surface area contributed by atoms with E-state index in [0.717, 1.165) is 0 Å². The van der Waals surface area contributed by atoms with Crippen molar-refractivity contribution in [1.29, 1.82) is 0 Å². The van der Waals surface area contributed by atoms with Gasteiger partial charge in [0.05, 0.1) is 7.11 Å². The van der Waals surface area contributed by atoms with E-state index >= 15 is 0 Å². The smallest absolute Gasteiger partial charge is 0.330 e. The molecule has 1 aromatic carbocycles. The van der Waals surface area contributed by atoms with E-state index in [4.69, 9.17) is 5.73 Å². The van der Waals surface area contributed by atoms with Gasteiger partial charge in [0.25, 0.3) is 5.91 Å². The van der Waals surface area contributed by atoms with Gasteiger partial charge in [0, 0.05) is 11.3 Å². The number of anilines is 1. The molecule has 0 heterocycles. The van der Waals surface area contributed by atoms with E-state index in [2.05, 4.69) is 15.4 Å². The molecular formula is C13H17N3O4. The molecule has 0 aliphatic carbocycles. The topological polar surface area (TPSA) is 111 Å². The molecule has 0 aromatic heterocycles. The predicted molar refractivity (Wildman–Crippen MR) is 73.2 cm³/mol. The summed E-state index contributed by atoms with van der Waals surface area (Å²) >= 11 is 0. The van der Waals surface area contributed by atoms with Crippen LogP contribution >= 0.6 is 0 Å². The second kappa shape index (κ2) is 6.05. The number of carbonyl (C=O) groups excluding carboxylic acids is 3. The van der Waals surface area contributed by atoms with Crippen LogP contribution < -0.4 is 16.4 Å². The van der Waals surface area contributed by atoms with Crippen LogP contribution in [0.5, 0.6) is 0 Å². The molecule has 0 bridgehead atoms. The maximum absolute atomic E-state index is 12.0. The summed E-state index contributed by atoms with van der Waals surface area (Å²) in [5, 5.41) is 4.94. The van der Waals surface area contributed by atoms with Crippen LogP contribution in [0.1, 0.15) is 24.2 Å². The van der Waals surface area contributed by atoms with Gasteiger partial charge >= 0.3 is 12.0 Å². The first-order valence-corrected chi connectivity index (χ1v) is 5.83. The fourth-order valence-corrected chi connectivity index (χ4v) is 1.51. The van der Waals surface area contributed by atoms with Crippen LogP contribution in [0, 0.1) is 0 Å². The number of carbonyl (C=O) groups is 3. The van der Waals surface area contributed by atoms with Crippen LogP contribution in [0.25, 0.3) is 0 Å². The molecule has 20 heavy (non-hydrogen) atoms. The van der Waals surface area contributed by atoms with Gasteiger partial charge in [-0.3, -0.25) is 4.79 Å². The van der Waals surface area contributed by atoms with Crippen LogP contribution in [0.4, 0.5) is 10.5 Å². The molecule has 0 fully saturated rings. The highest BCUT2D eigenvalue weighted by Crippen LogP contribution is 2.11.